The van der Waals surface area contributed by atoms with E-state index in [-0.39, 0.29) is 11.6 Å². The third kappa shape index (κ3) is 10.6. The van der Waals surface area contributed by atoms with Crippen LogP contribution in [0.3, 0.4) is 0 Å². The molecule has 0 aliphatic carbocycles. The van der Waals surface area contributed by atoms with Crippen LogP contribution < -0.4 is 15.8 Å². The third-order valence-corrected chi connectivity index (χ3v) is 11.7. The number of hydrogen-bond donors (Lipinski definition) is 1. The van der Waals surface area contributed by atoms with Crippen molar-refractivity contribution in [3.8, 4) is 0 Å². The number of ether oxygens (including phenoxy) is 4. The van der Waals surface area contributed by atoms with Crippen LogP contribution in [0.2, 0.25) is 5.04 Å². The van der Waals surface area contributed by atoms with E-state index in [1.54, 1.807) is 55.8 Å². The molecule has 0 unspecified atom stereocenters. The zero-order valence-corrected chi connectivity index (χ0v) is 28.9. The lowest BCUT2D eigenvalue weighted by Crippen LogP contribution is -2.68. The van der Waals surface area contributed by atoms with Crippen molar-refractivity contribution < 1.29 is 33.0 Å². The van der Waals surface area contributed by atoms with Gasteiger partial charge in [0.25, 0.3) is 8.32 Å². The average molecular weight is 617 g/mol. The molecule has 0 aliphatic rings. The van der Waals surface area contributed by atoms with E-state index in [0.29, 0.717) is 12.8 Å². The van der Waals surface area contributed by atoms with Crippen molar-refractivity contribution in [1.82, 2.24) is 10.4 Å². The van der Waals surface area contributed by atoms with Crippen LogP contribution in [0.4, 0.5) is 9.59 Å². The first kappa shape index (κ1) is 36.3. The Morgan fingerprint density at radius 1 is 0.744 bits per heavy atom. The highest BCUT2D eigenvalue weighted by Crippen LogP contribution is 2.37. The summed E-state index contributed by atoms with van der Waals surface area (Å²) < 4.78 is 29.4. The molecule has 0 fully saturated rings. The Hall–Kier alpha value is -2.92. The maximum absolute atomic E-state index is 13.7. The van der Waals surface area contributed by atoms with Crippen molar-refractivity contribution in [2.75, 3.05) is 20.8 Å². The molecule has 0 spiro atoms. The van der Waals surface area contributed by atoms with Crippen LogP contribution in [-0.4, -0.2) is 69.9 Å². The van der Waals surface area contributed by atoms with Crippen LogP contribution in [0.25, 0.3) is 0 Å². The minimum Gasteiger partial charge on any atom is -0.443 e. The molecule has 240 valence electrons. The molecule has 2 aromatic carbocycles. The normalized spacial score (nSPS) is 13.4. The van der Waals surface area contributed by atoms with Crippen LogP contribution >= 0.6 is 0 Å². The molecule has 0 aliphatic heterocycles. The third-order valence-electron chi connectivity index (χ3n) is 6.74. The van der Waals surface area contributed by atoms with Crippen molar-refractivity contribution in [1.29, 1.82) is 0 Å². The number of carbonyl (C=O) groups is 2. The number of hydrogen-bond acceptors (Lipinski definition) is 7. The van der Waals surface area contributed by atoms with Gasteiger partial charge in [-0.05, 0) is 63.4 Å². The summed E-state index contributed by atoms with van der Waals surface area (Å²) in [7, 11) is 0.148. The number of nitrogens with zero attached hydrogens (tertiary/aromatic N) is 1. The van der Waals surface area contributed by atoms with Crippen molar-refractivity contribution in [3.63, 3.8) is 0 Å². The maximum atomic E-state index is 13.7. The second-order valence-electron chi connectivity index (χ2n) is 13.6. The van der Waals surface area contributed by atoms with Gasteiger partial charge in [0.05, 0.1) is 12.6 Å². The lowest BCUT2D eigenvalue weighted by atomic mass is 10.1. The average Bonchev–Trinajstić information content (AvgIpc) is 2.90. The first-order valence-electron chi connectivity index (χ1n) is 14.8. The van der Waals surface area contributed by atoms with Crippen molar-refractivity contribution >= 4 is 30.9 Å². The Morgan fingerprint density at radius 2 is 1.21 bits per heavy atom. The highest BCUT2D eigenvalue weighted by Gasteiger charge is 2.51. The summed E-state index contributed by atoms with van der Waals surface area (Å²) in [5, 5.41) is 3.10. The van der Waals surface area contributed by atoms with Gasteiger partial charge in [-0.3, -0.25) is 0 Å². The van der Waals surface area contributed by atoms with Crippen LogP contribution in [0, 0.1) is 0 Å². The Labute approximate surface area is 259 Å². The second-order valence-corrected chi connectivity index (χ2v) is 17.9. The zero-order chi connectivity index (χ0) is 32.5. The topological polar surface area (TPSA) is 95.6 Å². The summed E-state index contributed by atoms with van der Waals surface area (Å²) in [5.74, 6) is 0. The van der Waals surface area contributed by atoms with Gasteiger partial charge in [0.15, 0.2) is 6.29 Å². The Balaban J connectivity index is 2.64. The van der Waals surface area contributed by atoms with Crippen molar-refractivity contribution in [3.05, 3.63) is 60.7 Å². The summed E-state index contributed by atoms with van der Waals surface area (Å²) >= 11 is 0. The van der Waals surface area contributed by atoms with Crippen LogP contribution in [0.5, 0.6) is 0 Å². The summed E-state index contributed by atoms with van der Waals surface area (Å²) in [6.45, 7) is 17.3. The molecule has 10 heteroatoms. The first-order valence-corrected chi connectivity index (χ1v) is 16.7. The van der Waals surface area contributed by atoms with Gasteiger partial charge >= 0.3 is 12.2 Å². The lowest BCUT2D eigenvalue weighted by Gasteiger charge is -2.44. The van der Waals surface area contributed by atoms with Crippen molar-refractivity contribution in [2.45, 2.75) is 104 Å². The monoisotopic (exact) mass is 616 g/mol. The minimum atomic E-state index is -2.98. The number of carbonyl (C=O) groups excluding carboxylic acids is 2. The van der Waals surface area contributed by atoms with Crippen LogP contribution in [0.1, 0.15) is 75.2 Å². The fourth-order valence-electron chi connectivity index (χ4n) is 4.93. The zero-order valence-electron chi connectivity index (χ0n) is 27.9. The van der Waals surface area contributed by atoms with Gasteiger partial charge in [0, 0.05) is 20.6 Å². The van der Waals surface area contributed by atoms with Gasteiger partial charge in [-0.15, -0.1) is 0 Å². The van der Waals surface area contributed by atoms with E-state index in [9.17, 15) is 9.59 Å². The van der Waals surface area contributed by atoms with Gasteiger partial charge in [0.2, 0.25) is 0 Å². The number of nitrogens with one attached hydrogen (secondary N) is 1. The lowest BCUT2D eigenvalue weighted by molar-refractivity contribution is -0.110. The van der Waals surface area contributed by atoms with E-state index in [1.807, 2.05) is 36.4 Å². The molecule has 0 saturated heterocycles. The molecule has 2 rings (SSSR count). The Bertz CT molecular complexity index is 1100. The number of amides is 2. The number of rotatable bonds is 11. The first-order chi connectivity index (χ1) is 19.9. The predicted octanol–water partition coefficient (Wildman–Crippen LogP) is 6.01. The molecule has 0 saturated carbocycles. The van der Waals surface area contributed by atoms with E-state index >= 15 is 0 Å². The fourth-order valence-corrected chi connectivity index (χ4v) is 9.52. The Morgan fingerprint density at radius 3 is 1.60 bits per heavy atom. The van der Waals surface area contributed by atoms with E-state index < -0.39 is 44.0 Å². The van der Waals surface area contributed by atoms with E-state index in [4.69, 9.17) is 23.4 Å². The van der Waals surface area contributed by atoms with Gasteiger partial charge in [-0.1, -0.05) is 81.4 Å². The fraction of sp³-hybridized carbons (Fsp3) is 0.576. The molecular formula is C33H52N2O7Si. The Kier molecular flexibility index (Phi) is 12.8. The molecule has 2 amide bonds. The standard InChI is InChI=1S/C33H52N2O7Si/c1-31(2,3)41-29(36)34-35(30(37)42-32(4,5)6)25(22-23-28(38-10)39-11)24-40-43(33(7,8)9,26-18-14-12-15-19-26)27-20-16-13-17-21-27/h12-21,25,28H,22-24H2,1-11H3,(H,34,36)/t25-/m1/s1. The SMILES string of the molecule is COC(CC[C@H](CO[Si](c1ccccc1)(c1ccccc1)C(C)(C)C)N(NC(=O)OC(C)(C)C)C(=O)OC(C)(C)C)OC. The molecular weight excluding hydrogens is 564 g/mol. The molecule has 1 atom stereocenters. The summed E-state index contributed by atoms with van der Waals surface area (Å²) in [4.78, 5) is 26.7. The number of methoxy groups -OCH3 is 2. The van der Waals surface area contributed by atoms with E-state index in [1.165, 1.54) is 5.01 Å². The highest BCUT2D eigenvalue weighted by atomic mass is 28.4. The van der Waals surface area contributed by atoms with E-state index in [2.05, 4.69) is 50.5 Å². The molecule has 0 heterocycles. The van der Waals surface area contributed by atoms with Crippen LogP contribution in [0.15, 0.2) is 60.7 Å². The molecule has 1 N–H and O–H groups in total. The van der Waals surface area contributed by atoms with E-state index in [0.717, 1.165) is 10.4 Å². The van der Waals surface area contributed by atoms with Crippen LogP contribution in [-0.2, 0) is 23.4 Å². The minimum absolute atomic E-state index is 0.0997. The largest absolute Gasteiger partial charge is 0.443 e. The smallest absolute Gasteiger partial charge is 0.429 e. The van der Waals surface area contributed by atoms with Crippen molar-refractivity contribution in [2.24, 2.45) is 0 Å². The molecule has 0 bridgehead atoms. The quantitative estimate of drug-likeness (QED) is 0.188. The number of benzene rings is 2. The summed E-state index contributed by atoms with van der Waals surface area (Å²) in [5.41, 5.74) is 1.08. The molecule has 9 nitrogen and oxygen atoms in total. The van der Waals surface area contributed by atoms with Gasteiger partial charge in [-0.25, -0.2) is 20.0 Å². The maximum Gasteiger partial charge on any atom is 0.429 e. The summed E-state index contributed by atoms with van der Waals surface area (Å²) in [6, 6.07) is 19.8. The van der Waals surface area contributed by atoms with Gasteiger partial charge in [-0.2, -0.15) is 0 Å². The predicted molar refractivity (Wildman–Crippen MR) is 172 cm³/mol. The second kappa shape index (κ2) is 15.2. The molecule has 2 aromatic rings. The summed E-state index contributed by atoms with van der Waals surface area (Å²) in [6.07, 6.45) is -1.21. The molecule has 0 radical (unpaired) electrons. The van der Waals surface area contributed by atoms with Gasteiger partial charge in [0.1, 0.15) is 11.2 Å². The van der Waals surface area contributed by atoms with Gasteiger partial charge < -0.3 is 23.4 Å². The molecule has 43 heavy (non-hydrogen) atoms. The highest BCUT2D eigenvalue weighted by molar-refractivity contribution is 6.99. The number of hydrazine groups is 1. The molecule has 0 aromatic heterocycles.